The summed E-state index contributed by atoms with van der Waals surface area (Å²) in [4.78, 5) is 40.1. The van der Waals surface area contributed by atoms with Crippen molar-refractivity contribution < 1.29 is 24.2 Å². The molecule has 1 atom stereocenters. The zero-order valence-electron chi connectivity index (χ0n) is 14.6. The lowest BCUT2D eigenvalue weighted by atomic mass is 10.2. The van der Waals surface area contributed by atoms with Crippen LogP contribution in [0.5, 0.6) is 0 Å². The Balaban J connectivity index is 2.10. The van der Waals surface area contributed by atoms with Gasteiger partial charge in [-0.1, -0.05) is 6.07 Å². The van der Waals surface area contributed by atoms with E-state index in [9.17, 15) is 14.4 Å². The van der Waals surface area contributed by atoms with Crippen LogP contribution >= 0.6 is 0 Å². The number of nitrogens with zero attached hydrogens (tertiary/aromatic N) is 2. The Labute approximate surface area is 146 Å². The standard InChI is InChI=1S/C17H23N3O5/c1-17(2,3)25-16(24)20(10-12-5-7-14(21)19-12)9-11-4-6-13(15(22)23)18-8-11/h4,6,8,12H,5,7,9-10H2,1-3H3,(H,19,21)(H,22,23)/t12-/m0/s1. The Kier molecular flexibility index (Phi) is 5.61. The second-order valence-electron chi connectivity index (χ2n) is 7.02. The molecule has 8 heteroatoms. The Bertz CT molecular complexity index is 651. The summed E-state index contributed by atoms with van der Waals surface area (Å²) >= 11 is 0. The lowest BCUT2D eigenvalue weighted by Crippen LogP contribution is -2.43. The van der Waals surface area contributed by atoms with Crippen LogP contribution in [0.1, 0.15) is 49.7 Å². The predicted molar refractivity (Wildman–Crippen MR) is 89.0 cm³/mol. The quantitative estimate of drug-likeness (QED) is 0.839. The number of hydrogen-bond donors (Lipinski definition) is 2. The first-order valence-corrected chi connectivity index (χ1v) is 8.09. The van der Waals surface area contributed by atoms with Gasteiger partial charge >= 0.3 is 12.1 Å². The second-order valence-corrected chi connectivity index (χ2v) is 7.02. The molecular weight excluding hydrogens is 326 g/mol. The molecule has 2 rings (SSSR count). The molecule has 0 aromatic carbocycles. The van der Waals surface area contributed by atoms with E-state index in [1.165, 1.54) is 17.2 Å². The zero-order chi connectivity index (χ0) is 18.6. The van der Waals surface area contributed by atoms with E-state index in [-0.39, 0.29) is 24.2 Å². The van der Waals surface area contributed by atoms with Crippen molar-refractivity contribution in [2.45, 2.75) is 51.8 Å². The maximum absolute atomic E-state index is 12.5. The molecule has 1 saturated heterocycles. The first kappa shape index (κ1) is 18.7. The van der Waals surface area contributed by atoms with Crippen LogP contribution in [0.3, 0.4) is 0 Å². The maximum atomic E-state index is 12.5. The number of ether oxygens (including phenoxy) is 1. The normalized spacial score (nSPS) is 17.1. The van der Waals surface area contributed by atoms with E-state index < -0.39 is 17.7 Å². The van der Waals surface area contributed by atoms with Crippen molar-refractivity contribution >= 4 is 18.0 Å². The van der Waals surface area contributed by atoms with E-state index >= 15 is 0 Å². The predicted octanol–water partition coefficient (Wildman–Crippen LogP) is 1.80. The molecule has 2 amide bonds. The monoisotopic (exact) mass is 349 g/mol. The zero-order valence-corrected chi connectivity index (χ0v) is 14.6. The molecule has 0 aliphatic carbocycles. The Morgan fingerprint density at radius 1 is 1.40 bits per heavy atom. The molecule has 0 unspecified atom stereocenters. The Morgan fingerprint density at radius 2 is 2.12 bits per heavy atom. The molecular formula is C17H23N3O5. The first-order chi connectivity index (χ1) is 11.6. The highest BCUT2D eigenvalue weighted by atomic mass is 16.6. The van der Waals surface area contributed by atoms with E-state index in [1.54, 1.807) is 26.8 Å². The Morgan fingerprint density at radius 3 is 2.60 bits per heavy atom. The fourth-order valence-electron chi connectivity index (χ4n) is 2.48. The van der Waals surface area contributed by atoms with Gasteiger partial charge in [-0.2, -0.15) is 0 Å². The van der Waals surface area contributed by atoms with Crippen molar-refractivity contribution in [2.75, 3.05) is 6.54 Å². The number of nitrogens with one attached hydrogen (secondary N) is 1. The molecule has 0 radical (unpaired) electrons. The van der Waals surface area contributed by atoms with Crippen LogP contribution in [0.25, 0.3) is 0 Å². The van der Waals surface area contributed by atoms with Gasteiger partial charge in [0.1, 0.15) is 11.3 Å². The number of carboxylic acid groups (broad SMARTS) is 1. The first-order valence-electron chi connectivity index (χ1n) is 8.09. The molecule has 2 heterocycles. The van der Waals surface area contributed by atoms with E-state index in [0.29, 0.717) is 24.9 Å². The topological polar surface area (TPSA) is 109 Å². The van der Waals surface area contributed by atoms with Crippen LogP contribution in [0.4, 0.5) is 4.79 Å². The van der Waals surface area contributed by atoms with Crippen LogP contribution in [-0.4, -0.2) is 51.1 Å². The summed E-state index contributed by atoms with van der Waals surface area (Å²) in [6, 6.07) is 2.88. The minimum Gasteiger partial charge on any atom is -0.477 e. The maximum Gasteiger partial charge on any atom is 0.410 e. The average Bonchev–Trinajstić information content (AvgIpc) is 2.90. The van der Waals surface area contributed by atoms with E-state index in [1.807, 2.05) is 0 Å². The van der Waals surface area contributed by atoms with Crippen molar-refractivity contribution in [1.29, 1.82) is 0 Å². The molecule has 0 saturated carbocycles. The number of aromatic carboxylic acids is 1. The van der Waals surface area contributed by atoms with Crippen molar-refractivity contribution in [2.24, 2.45) is 0 Å². The minimum absolute atomic E-state index is 0.0263. The smallest absolute Gasteiger partial charge is 0.410 e. The highest BCUT2D eigenvalue weighted by molar-refractivity contribution is 5.85. The van der Waals surface area contributed by atoms with Gasteiger partial charge in [-0.3, -0.25) is 4.79 Å². The molecule has 1 aliphatic heterocycles. The third-order valence-electron chi connectivity index (χ3n) is 3.59. The van der Waals surface area contributed by atoms with E-state index in [4.69, 9.17) is 9.84 Å². The van der Waals surface area contributed by atoms with Gasteiger partial charge in [-0.25, -0.2) is 14.6 Å². The van der Waals surface area contributed by atoms with Gasteiger partial charge in [0, 0.05) is 25.2 Å². The SMILES string of the molecule is CC(C)(C)OC(=O)N(Cc1ccc(C(=O)O)nc1)C[C@@H]1CCC(=O)N1. The number of pyridine rings is 1. The van der Waals surface area contributed by atoms with Gasteiger partial charge in [-0.15, -0.1) is 0 Å². The highest BCUT2D eigenvalue weighted by Crippen LogP contribution is 2.16. The molecule has 0 spiro atoms. The van der Waals surface area contributed by atoms with E-state index in [2.05, 4.69) is 10.3 Å². The molecule has 8 nitrogen and oxygen atoms in total. The fourth-order valence-corrected chi connectivity index (χ4v) is 2.48. The van der Waals surface area contributed by atoms with Crippen LogP contribution in [0.2, 0.25) is 0 Å². The van der Waals surface area contributed by atoms with Crippen LogP contribution in [0, 0.1) is 0 Å². The van der Waals surface area contributed by atoms with Crippen molar-refractivity contribution in [3.05, 3.63) is 29.6 Å². The summed E-state index contributed by atoms with van der Waals surface area (Å²) in [5.41, 5.74) is -0.0181. The summed E-state index contributed by atoms with van der Waals surface area (Å²) in [6.45, 7) is 5.88. The molecule has 0 bridgehead atoms. The van der Waals surface area contributed by atoms with Gasteiger partial charge in [-0.05, 0) is 38.8 Å². The van der Waals surface area contributed by atoms with Gasteiger partial charge in [0.15, 0.2) is 0 Å². The molecule has 136 valence electrons. The number of rotatable bonds is 5. The van der Waals surface area contributed by atoms with Gasteiger partial charge in [0.2, 0.25) is 5.91 Å². The van der Waals surface area contributed by atoms with Gasteiger partial charge in [0.05, 0.1) is 6.54 Å². The van der Waals surface area contributed by atoms with Crippen LogP contribution in [-0.2, 0) is 16.1 Å². The lowest BCUT2D eigenvalue weighted by Gasteiger charge is -2.29. The average molecular weight is 349 g/mol. The number of aromatic nitrogens is 1. The Hall–Kier alpha value is -2.64. The number of carbonyl (C=O) groups excluding carboxylic acids is 2. The van der Waals surface area contributed by atoms with Crippen LogP contribution in [0.15, 0.2) is 18.3 Å². The number of amides is 2. The molecule has 2 N–H and O–H groups in total. The molecule has 1 fully saturated rings. The third-order valence-corrected chi connectivity index (χ3v) is 3.59. The third kappa shape index (κ3) is 5.74. The lowest BCUT2D eigenvalue weighted by molar-refractivity contribution is -0.119. The summed E-state index contributed by atoms with van der Waals surface area (Å²) in [5, 5.41) is 11.7. The summed E-state index contributed by atoms with van der Waals surface area (Å²) in [5.74, 6) is -1.13. The molecule has 1 aromatic heterocycles. The van der Waals surface area contributed by atoms with Crippen molar-refractivity contribution in [3.63, 3.8) is 0 Å². The highest BCUT2D eigenvalue weighted by Gasteiger charge is 2.28. The number of carbonyl (C=O) groups is 3. The van der Waals surface area contributed by atoms with Crippen molar-refractivity contribution in [3.8, 4) is 0 Å². The number of hydrogen-bond acceptors (Lipinski definition) is 5. The van der Waals surface area contributed by atoms with Gasteiger partial charge < -0.3 is 20.1 Å². The molecule has 1 aliphatic rings. The van der Waals surface area contributed by atoms with E-state index in [0.717, 1.165) is 0 Å². The molecule has 1 aromatic rings. The summed E-state index contributed by atoms with van der Waals surface area (Å²) < 4.78 is 5.43. The second kappa shape index (κ2) is 7.50. The number of carboxylic acids is 1. The van der Waals surface area contributed by atoms with Gasteiger partial charge in [0.25, 0.3) is 0 Å². The van der Waals surface area contributed by atoms with Crippen LogP contribution < -0.4 is 5.32 Å². The molecule has 25 heavy (non-hydrogen) atoms. The largest absolute Gasteiger partial charge is 0.477 e. The fraction of sp³-hybridized carbons (Fsp3) is 0.529. The minimum atomic E-state index is -1.11. The summed E-state index contributed by atoms with van der Waals surface area (Å²) in [7, 11) is 0. The summed E-state index contributed by atoms with van der Waals surface area (Å²) in [6.07, 6.45) is 2.04. The van der Waals surface area contributed by atoms with Crippen molar-refractivity contribution in [1.82, 2.24) is 15.2 Å².